The highest BCUT2D eigenvalue weighted by Crippen LogP contribution is 2.23. The lowest BCUT2D eigenvalue weighted by Crippen LogP contribution is -2.22. The van der Waals surface area contributed by atoms with Crippen LogP contribution in [0.15, 0.2) is 24.3 Å². The Labute approximate surface area is 95.0 Å². The summed E-state index contributed by atoms with van der Waals surface area (Å²) in [7, 11) is 3.85. The van der Waals surface area contributed by atoms with Crippen LogP contribution in [0.5, 0.6) is 0 Å². The summed E-state index contributed by atoms with van der Waals surface area (Å²) in [5, 5.41) is 2.25. The van der Waals surface area contributed by atoms with Crippen molar-refractivity contribution in [1.82, 2.24) is 0 Å². The molecule has 0 bridgehead atoms. The van der Waals surface area contributed by atoms with Gasteiger partial charge in [-0.15, -0.1) is 11.6 Å². The van der Waals surface area contributed by atoms with Crippen LogP contribution >= 0.6 is 11.6 Å². The average molecular weight is 227 g/mol. The molecule has 82 valence electrons. The Hall–Kier alpha value is -1.22. The van der Waals surface area contributed by atoms with E-state index in [1.54, 1.807) is 6.92 Å². The lowest BCUT2D eigenvalue weighted by molar-refractivity contribution is -0.115. The number of nitrogens with zero attached hydrogens (tertiary/aromatic N) is 1. The third kappa shape index (κ3) is 3.13. The molecule has 1 rings (SSSR count). The molecule has 0 aromatic heterocycles. The molecule has 0 saturated carbocycles. The van der Waals surface area contributed by atoms with Gasteiger partial charge < -0.3 is 10.2 Å². The van der Waals surface area contributed by atoms with E-state index in [1.807, 2.05) is 43.3 Å². The molecule has 15 heavy (non-hydrogen) atoms. The Kier molecular flexibility index (Phi) is 3.97. The maximum Gasteiger partial charge on any atom is 0.242 e. The number of carbonyl (C=O) groups excluding carboxylic acids is 1. The Morgan fingerprint density at radius 3 is 2.53 bits per heavy atom. The van der Waals surface area contributed by atoms with Crippen molar-refractivity contribution >= 4 is 28.9 Å². The monoisotopic (exact) mass is 226 g/mol. The molecule has 0 heterocycles. The first-order chi connectivity index (χ1) is 7.02. The third-order valence-electron chi connectivity index (χ3n) is 2.01. The number of benzene rings is 1. The molecule has 0 saturated heterocycles. The van der Waals surface area contributed by atoms with Gasteiger partial charge in [0, 0.05) is 14.1 Å². The molecule has 1 unspecified atom stereocenters. The van der Waals surface area contributed by atoms with Crippen LogP contribution < -0.4 is 10.2 Å². The van der Waals surface area contributed by atoms with Crippen molar-refractivity contribution in [3.63, 3.8) is 0 Å². The van der Waals surface area contributed by atoms with Crippen LogP contribution in [-0.4, -0.2) is 25.4 Å². The smallest absolute Gasteiger partial charge is 0.242 e. The summed E-state index contributed by atoms with van der Waals surface area (Å²) in [4.78, 5) is 13.4. The van der Waals surface area contributed by atoms with Crippen LogP contribution in [0.25, 0.3) is 0 Å². The minimum Gasteiger partial charge on any atom is -0.376 e. The van der Waals surface area contributed by atoms with Crippen molar-refractivity contribution in [2.75, 3.05) is 24.3 Å². The molecule has 1 atom stereocenters. The fourth-order valence-electron chi connectivity index (χ4n) is 1.20. The lowest BCUT2D eigenvalue weighted by atomic mass is 10.2. The number of halogens is 1. The third-order valence-corrected chi connectivity index (χ3v) is 2.20. The first-order valence-corrected chi connectivity index (χ1v) is 5.17. The summed E-state index contributed by atoms with van der Waals surface area (Å²) in [6.07, 6.45) is 0. The Morgan fingerprint density at radius 1 is 1.40 bits per heavy atom. The van der Waals surface area contributed by atoms with Gasteiger partial charge in [-0.2, -0.15) is 0 Å². The summed E-state index contributed by atoms with van der Waals surface area (Å²) in [6, 6.07) is 7.59. The van der Waals surface area contributed by atoms with E-state index in [4.69, 9.17) is 11.6 Å². The highest BCUT2D eigenvalue weighted by molar-refractivity contribution is 6.32. The summed E-state index contributed by atoms with van der Waals surface area (Å²) in [6.45, 7) is 1.65. The van der Waals surface area contributed by atoms with Crippen molar-refractivity contribution in [1.29, 1.82) is 0 Å². The van der Waals surface area contributed by atoms with Crippen molar-refractivity contribution in [3.8, 4) is 0 Å². The zero-order valence-electron chi connectivity index (χ0n) is 9.12. The van der Waals surface area contributed by atoms with Gasteiger partial charge in [-0.25, -0.2) is 0 Å². The van der Waals surface area contributed by atoms with Crippen molar-refractivity contribution in [2.45, 2.75) is 12.3 Å². The van der Waals surface area contributed by atoms with Gasteiger partial charge in [0.25, 0.3) is 0 Å². The maximum atomic E-state index is 11.4. The average Bonchev–Trinajstić information content (AvgIpc) is 2.18. The molecule has 1 aromatic rings. The molecule has 0 aliphatic carbocycles. The number of hydrogen-bond donors (Lipinski definition) is 1. The van der Waals surface area contributed by atoms with E-state index >= 15 is 0 Å². The van der Waals surface area contributed by atoms with Crippen LogP contribution in [0.2, 0.25) is 0 Å². The van der Waals surface area contributed by atoms with Gasteiger partial charge in [0.1, 0.15) is 5.38 Å². The normalized spacial score (nSPS) is 12.0. The molecule has 1 aromatic carbocycles. The van der Waals surface area contributed by atoms with E-state index in [0.29, 0.717) is 0 Å². The second-order valence-corrected chi connectivity index (χ2v) is 4.17. The van der Waals surface area contributed by atoms with Crippen molar-refractivity contribution < 1.29 is 4.79 Å². The van der Waals surface area contributed by atoms with E-state index in [-0.39, 0.29) is 5.91 Å². The van der Waals surface area contributed by atoms with Gasteiger partial charge in [-0.05, 0) is 19.1 Å². The molecule has 0 fully saturated rings. The fourth-order valence-corrected chi connectivity index (χ4v) is 1.26. The minimum absolute atomic E-state index is 0.189. The Bertz CT molecular complexity index is 350. The van der Waals surface area contributed by atoms with Crippen LogP contribution in [0.3, 0.4) is 0 Å². The van der Waals surface area contributed by atoms with E-state index in [1.165, 1.54) is 0 Å². The number of carbonyl (C=O) groups is 1. The van der Waals surface area contributed by atoms with Gasteiger partial charge in [-0.3, -0.25) is 4.79 Å². The maximum absolute atomic E-state index is 11.4. The second-order valence-electron chi connectivity index (χ2n) is 3.52. The van der Waals surface area contributed by atoms with Gasteiger partial charge in [0.05, 0.1) is 11.4 Å². The quantitative estimate of drug-likeness (QED) is 0.803. The lowest BCUT2D eigenvalue weighted by Gasteiger charge is -2.18. The molecule has 0 radical (unpaired) electrons. The predicted molar refractivity (Wildman–Crippen MR) is 64.7 cm³/mol. The number of rotatable bonds is 3. The highest BCUT2D eigenvalue weighted by Gasteiger charge is 2.11. The zero-order chi connectivity index (χ0) is 11.4. The number of nitrogens with one attached hydrogen (secondary N) is 1. The van der Waals surface area contributed by atoms with Crippen LogP contribution in [0, 0.1) is 0 Å². The van der Waals surface area contributed by atoms with Crippen molar-refractivity contribution in [2.24, 2.45) is 0 Å². The Morgan fingerprint density at radius 2 is 2.00 bits per heavy atom. The molecule has 1 N–H and O–H groups in total. The number of amides is 1. The molecule has 4 heteroatoms. The fraction of sp³-hybridized carbons (Fsp3) is 0.364. The predicted octanol–water partition coefficient (Wildman–Crippen LogP) is 2.32. The van der Waals surface area contributed by atoms with E-state index in [0.717, 1.165) is 11.4 Å². The van der Waals surface area contributed by atoms with Gasteiger partial charge in [0.15, 0.2) is 0 Å². The van der Waals surface area contributed by atoms with E-state index in [2.05, 4.69) is 5.32 Å². The molecule has 3 nitrogen and oxygen atoms in total. The minimum atomic E-state index is -0.528. The summed E-state index contributed by atoms with van der Waals surface area (Å²) >= 11 is 5.68. The Balaban J connectivity index is 2.89. The molecule has 1 amide bonds. The van der Waals surface area contributed by atoms with E-state index in [9.17, 15) is 4.79 Å². The van der Waals surface area contributed by atoms with E-state index < -0.39 is 5.38 Å². The summed E-state index contributed by atoms with van der Waals surface area (Å²) in [5.41, 5.74) is 1.74. The van der Waals surface area contributed by atoms with Gasteiger partial charge >= 0.3 is 0 Å². The molecular weight excluding hydrogens is 212 g/mol. The number of alkyl halides is 1. The van der Waals surface area contributed by atoms with Gasteiger partial charge in [0.2, 0.25) is 5.91 Å². The summed E-state index contributed by atoms with van der Waals surface area (Å²) in [5.74, 6) is -0.189. The largest absolute Gasteiger partial charge is 0.376 e. The molecular formula is C11H15ClN2O. The second kappa shape index (κ2) is 5.03. The zero-order valence-corrected chi connectivity index (χ0v) is 9.88. The first kappa shape index (κ1) is 11.9. The number of hydrogen-bond acceptors (Lipinski definition) is 2. The van der Waals surface area contributed by atoms with Crippen LogP contribution in [-0.2, 0) is 4.79 Å². The first-order valence-electron chi connectivity index (χ1n) is 4.73. The van der Waals surface area contributed by atoms with Crippen LogP contribution in [0.4, 0.5) is 11.4 Å². The highest BCUT2D eigenvalue weighted by atomic mass is 35.5. The van der Waals surface area contributed by atoms with Crippen LogP contribution in [0.1, 0.15) is 6.92 Å². The van der Waals surface area contributed by atoms with Crippen molar-refractivity contribution in [3.05, 3.63) is 24.3 Å². The summed E-state index contributed by atoms with van der Waals surface area (Å²) < 4.78 is 0. The van der Waals surface area contributed by atoms with Gasteiger partial charge in [-0.1, -0.05) is 12.1 Å². The molecule has 0 spiro atoms. The molecule has 0 aliphatic heterocycles. The number of anilines is 2. The topological polar surface area (TPSA) is 32.3 Å². The SMILES string of the molecule is CC(Cl)C(=O)Nc1ccccc1N(C)C. The number of para-hydroxylation sites is 2. The standard InChI is InChI=1S/C11H15ClN2O/c1-8(12)11(15)13-9-6-4-5-7-10(9)14(2)3/h4-8H,1-3H3,(H,13,15). The molecule has 0 aliphatic rings.